The SMILES string of the molecule is CC(C(=O)Nc1ccc(Cl)cc1)N1CCOc2ccc(N)cc21. The van der Waals surface area contributed by atoms with E-state index in [2.05, 4.69) is 5.32 Å². The Labute approximate surface area is 140 Å². The molecule has 0 saturated carbocycles. The van der Waals surface area contributed by atoms with Crippen LogP contribution in [0.4, 0.5) is 17.1 Å². The zero-order valence-corrected chi connectivity index (χ0v) is 13.5. The fraction of sp³-hybridized carbons (Fsp3) is 0.235. The maximum Gasteiger partial charge on any atom is 0.246 e. The van der Waals surface area contributed by atoms with Gasteiger partial charge in [-0.15, -0.1) is 0 Å². The number of nitrogens with zero attached hydrogens (tertiary/aromatic N) is 1. The smallest absolute Gasteiger partial charge is 0.246 e. The lowest BCUT2D eigenvalue weighted by Gasteiger charge is -2.35. The van der Waals surface area contributed by atoms with Gasteiger partial charge in [-0.3, -0.25) is 4.79 Å². The van der Waals surface area contributed by atoms with Gasteiger partial charge in [0.05, 0.1) is 12.2 Å². The number of carbonyl (C=O) groups is 1. The first-order valence-electron chi connectivity index (χ1n) is 7.40. The van der Waals surface area contributed by atoms with Crippen LogP contribution in [0.5, 0.6) is 5.75 Å². The predicted octanol–water partition coefficient (Wildman–Crippen LogP) is 3.15. The van der Waals surface area contributed by atoms with E-state index in [0.29, 0.717) is 29.5 Å². The molecule has 0 bridgehead atoms. The van der Waals surface area contributed by atoms with Crippen molar-refractivity contribution in [1.29, 1.82) is 0 Å². The van der Waals surface area contributed by atoms with Gasteiger partial charge in [0.15, 0.2) is 0 Å². The van der Waals surface area contributed by atoms with E-state index in [1.54, 1.807) is 30.3 Å². The topological polar surface area (TPSA) is 67.6 Å². The van der Waals surface area contributed by atoms with E-state index < -0.39 is 0 Å². The van der Waals surface area contributed by atoms with Gasteiger partial charge < -0.3 is 20.7 Å². The van der Waals surface area contributed by atoms with Crippen molar-refractivity contribution in [2.24, 2.45) is 0 Å². The van der Waals surface area contributed by atoms with Gasteiger partial charge in [0.1, 0.15) is 18.4 Å². The van der Waals surface area contributed by atoms with Crippen LogP contribution in [-0.2, 0) is 4.79 Å². The number of anilines is 3. The number of rotatable bonds is 3. The Bertz CT molecular complexity index is 718. The fourth-order valence-electron chi connectivity index (χ4n) is 2.58. The zero-order chi connectivity index (χ0) is 16.4. The van der Waals surface area contributed by atoms with Crippen molar-refractivity contribution >= 4 is 34.6 Å². The minimum Gasteiger partial charge on any atom is -0.490 e. The third-order valence-corrected chi connectivity index (χ3v) is 4.09. The van der Waals surface area contributed by atoms with E-state index >= 15 is 0 Å². The lowest BCUT2D eigenvalue weighted by molar-refractivity contribution is -0.117. The van der Waals surface area contributed by atoms with Crippen LogP contribution in [-0.4, -0.2) is 25.1 Å². The van der Waals surface area contributed by atoms with E-state index in [1.807, 2.05) is 24.0 Å². The summed E-state index contributed by atoms with van der Waals surface area (Å²) in [6.45, 7) is 3.03. The normalized spacial score (nSPS) is 14.6. The number of hydrogen-bond acceptors (Lipinski definition) is 4. The second-order valence-electron chi connectivity index (χ2n) is 5.44. The van der Waals surface area contributed by atoms with Crippen LogP contribution in [0.2, 0.25) is 5.02 Å². The summed E-state index contributed by atoms with van der Waals surface area (Å²) < 4.78 is 5.63. The first-order valence-corrected chi connectivity index (χ1v) is 7.78. The molecule has 2 aromatic carbocycles. The fourth-order valence-corrected chi connectivity index (χ4v) is 2.71. The third kappa shape index (κ3) is 3.35. The van der Waals surface area contributed by atoms with Crippen molar-refractivity contribution in [3.05, 3.63) is 47.5 Å². The third-order valence-electron chi connectivity index (χ3n) is 3.84. The number of benzene rings is 2. The van der Waals surface area contributed by atoms with E-state index in [9.17, 15) is 4.79 Å². The molecule has 0 radical (unpaired) electrons. The molecule has 0 spiro atoms. The monoisotopic (exact) mass is 331 g/mol. The quantitative estimate of drug-likeness (QED) is 0.848. The Morgan fingerprint density at radius 1 is 1.30 bits per heavy atom. The number of hydrogen-bond donors (Lipinski definition) is 2. The molecule has 1 aliphatic heterocycles. The largest absolute Gasteiger partial charge is 0.490 e. The average molecular weight is 332 g/mol. The molecule has 23 heavy (non-hydrogen) atoms. The van der Waals surface area contributed by atoms with Crippen LogP contribution in [0.1, 0.15) is 6.92 Å². The summed E-state index contributed by atoms with van der Waals surface area (Å²) in [5.41, 5.74) is 8.06. The maximum absolute atomic E-state index is 12.5. The molecule has 1 heterocycles. The molecular weight excluding hydrogens is 314 g/mol. The predicted molar refractivity (Wildman–Crippen MR) is 93.2 cm³/mol. The van der Waals surface area contributed by atoms with Crippen LogP contribution in [0, 0.1) is 0 Å². The van der Waals surface area contributed by atoms with Gasteiger partial charge >= 0.3 is 0 Å². The first-order chi connectivity index (χ1) is 11.0. The molecule has 0 fully saturated rings. The molecule has 1 aliphatic rings. The summed E-state index contributed by atoms with van der Waals surface area (Å²) in [6, 6.07) is 12.1. The van der Waals surface area contributed by atoms with Gasteiger partial charge in [0.25, 0.3) is 0 Å². The minimum atomic E-state index is -0.352. The highest BCUT2D eigenvalue weighted by molar-refractivity contribution is 6.30. The molecule has 0 aromatic heterocycles. The Morgan fingerprint density at radius 2 is 2.04 bits per heavy atom. The second-order valence-corrected chi connectivity index (χ2v) is 5.88. The maximum atomic E-state index is 12.5. The van der Waals surface area contributed by atoms with Gasteiger partial charge in [-0.1, -0.05) is 11.6 Å². The molecule has 1 atom stereocenters. The summed E-state index contributed by atoms with van der Waals surface area (Å²) in [7, 11) is 0. The summed E-state index contributed by atoms with van der Waals surface area (Å²) >= 11 is 5.86. The number of carbonyl (C=O) groups excluding carboxylic acids is 1. The van der Waals surface area contributed by atoms with E-state index in [4.69, 9.17) is 22.1 Å². The van der Waals surface area contributed by atoms with Crippen molar-refractivity contribution in [2.75, 3.05) is 29.1 Å². The van der Waals surface area contributed by atoms with Gasteiger partial charge in [-0.25, -0.2) is 0 Å². The lowest BCUT2D eigenvalue weighted by Crippen LogP contribution is -2.46. The van der Waals surface area contributed by atoms with Crippen molar-refractivity contribution in [3.63, 3.8) is 0 Å². The molecule has 1 amide bonds. The highest BCUT2D eigenvalue weighted by Crippen LogP contribution is 2.34. The van der Waals surface area contributed by atoms with Crippen molar-refractivity contribution in [1.82, 2.24) is 0 Å². The number of halogens is 1. The molecule has 120 valence electrons. The van der Waals surface area contributed by atoms with E-state index in [-0.39, 0.29) is 11.9 Å². The van der Waals surface area contributed by atoms with E-state index in [1.165, 1.54) is 0 Å². The number of ether oxygens (including phenoxy) is 1. The number of nitrogens with one attached hydrogen (secondary N) is 1. The van der Waals surface area contributed by atoms with Crippen molar-refractivity contribution < 1.29 is 9.53 Å². The van der Waals surface area contributed by atoms with Crippen LogP contribution in [0.3, 0.4) is 0 Å². The Morgan fingerprint density at radius 3 is 2.78 bits per heavy atom. The Hall–Kier alpha value is -2.40. The standard InChI is InChI=1S/C17H18ClN3O2/c1-11(17(22)20-14-5-2-12(18)3-6-14)21-8-9-23-16-7-4-13(19)10-15(16)21/h2-7,10-11H,8-9,19H2,1H3,(H,20,22). The number of nitrogen functional groups attached to an aromatic ring is 1. The molecular formula is C17H18ClN3O2. The van der Waals surface area contributed by atoms with Crippen LogP contribution in [0.25, 0.3) is 0 Å². The van der Waals surface area contributed by atoms with Crippen LogP contribution >= 0.6 is 11.6 Å². The molecule has 6 heteroatoms. The number of nitrogens with two attached hydrogens (primary N) is 1. The molecule has 0 aliphatic carbocycles. The molecule has 2 aromatic rings. The Kier molecular flexibility index (Phi) is 4.30. The van der Waals surface area contributed by atoms with Gasteiger partial charge in [0, 0.05) is 16.4 Å². The molecule has 3 rings (SSSR count). The van der Waals surface area contributed by atoms with Crippen molar-refractivity contribution in [3.8, 4) is 5.75 Å². The molecule has 0 saturated heterocycles. The molecule has 1 unspecified atom stereocenters. The zero-order valence-electron chi connectivity index (χ0n) is 12.8. The molecule has 5 nitrogen and oxygen atoms in total. The average Bonchev–Trinajstić information content (AvgIpc) is 2.55. The van der Waals surface area contributed by atoms with Crippen LogP contribution in [0.15, 0.2) is 42.5 Å². The highest BCUT2D eigenvalue weighted by atomic mass is 35.5. The van der Waals surface area contributed by atoms with Gasteiger partial charge in [-0.2, -0.15) is 0 Å². The lowest BCUT2D eigenvalue weighted by atomic mass is 10.1. The first kappa shape index (κ1) is 15.5. The van der Waals surface area contributed by atoms with Crippen molar-refractivity contribution in [2.45, 2.75) is 13.0 Å². The Balaban J connectivity index is 1.78. The summed E-state index contributed by atoms with van der Waals surface area (Å²) in [6.07, 6.45) is 0. The summed E-state index contributed by atoms with van der Waals surface area (Å²) in [5.74, 6) is 0.652. The summed E-state index contributed by atoms with van der Waals surface area (Å²) in [4.78, 5) is 14.5. The molecule has 3 N–H and O–H groups in total. The summed E-state index contributed by atoms with van der Waals surface area (Å²) in [5, 5.41) is 3.53. The highest BCUT2D eigenvalue weighted by Gasteiger charge is 2.27. The van der Waals surface area contributed by atoms with Gasteiger partial charge in [-0.05, 0) is 49.4 Å². The number of amides is 1. The van der Waals surface area contributed by atoms with E-state index in [0.717, 1.165) is 11.4 Å². The number of fused-ring (bicyclic) bond motifs is 1. The second kappa shape index (κ2) is 6.38. The van der Waals surface area contributed by atoms with Crippen LogP contribution < -0.4 is 20.7 Å². The van der Waals surface area contributed by atoms with Gasteiger partial charge in [0.2, 0.25) is 5.91 Å². The minimum absolute atomic E-state index is 0.0948.